The summed E-state index contributed by atoms with van der Waals surface area (Å²) >= 11 is 0. The van der Waals surface area contributed by atoms with Crippen molar-refractivity contribution in [1.29, 1.82) is 0 Å². The minimum atomic E-state index is -1.65. The number of nitrogens with two attached hydrogens (primary N) is 1. The summed E-state index contributed by atoms with van der Waals surface area (Å²) < 4.78 is 31.1. The lowest BCUT2D eigenvalue weighted by molar-refractivity contribution is -0.153. The fourth-order valence-corrected chi connectivity index (χ4v) is 3.41. The molecule has 3 aromatic rings. The fourth-order valence-electron chi connectivity index (χ4n) is 3.41. The molecule has 1 unspecified atom stereocenters. The van der Waals surface area contributed by atoms with E-state index in [1.165, 1.54) is 25.1 Å². The number of halogens is 1. The van der Waals surface area contributed by atoms with Crippen molar-refractivity contribution in [3.63, 3.8) is 0 Å². The summed E-state index contributed by atoms with van der Waals surface area (Å²) in [6, 6.07) is 22.2. The largest absolute Gasteiger partial charge is 0.493 e. The first-order valence-electron chi connectivity index (χ1n) is 11.4. The van der Waals surface area contributed by atoms with E-state index in [1.54, 1.807) is 37.3 Å². The molecule has 36 heavy (non-hydrogen) atoms. The molecule has 0 aliphatic carbocycles. The normalized spacial score (nSPS) is 13.2. The van der Waals surface area contributed by atoms with Crippen LogP contribution in [0.15, 0.2) is 96.9 Å². The smallest absolute Gasteiger partial charge is 0.348 e. The molecule has 0 amide bonds. The van der Waals surface area contributed by atoms with Crippen LogP contribution in [-0.2, 0) is 16.0 Å². The summed E-state index contributed by atoms with van der Waals surface area (Å²) in [6.07, 6.45) is 0.484. The summed E-state index contributed by atoms with van der Waals surface area (Å²) in [4.78, 5) is 11.9. The van der Waals surface area contributed by atoms with Crippen LogP contribution in [0.25, 0.3) is 5.76 Å². The number of ether oxygens (including phenoxy) is 3. The maximum absolute atomic E-state index is 14.0. The van der Waals surface area contributed by atoms with Crippen LogP contribution in [-0.4, -0.2) is 23.3 Å². The van der Waals surface area contributed by atoms with Gasteiger partial charge >= 0.3 is 5.97 Å². The number of aliphatic carboxylic acids is 1. The Kier molecular flexibility index (Phi) is 8.73. The van der Waals surface area contributed by atoms with E-state index in [9.17, 15) is 14.3 Å². The third kappa shape index (κ3) is 7.12. The number of para-hydroxylation sites is 1. The molecule has 3 rings (SSSR count). The van der Waals surface area contributed by atoms with Gasteiger partial charge in [0, 0.05) is 18.4 Å². The predicted octanol–water partition coefficient (Wildman–Crippen LogP) is 5.94. The lowest BCUT2D eigenvalue weighted by Gasteiger charge is -2.26. The van der Waals surface area contributed by atoms with Gasteiger partial charge in [-0.2, -0.15) is 0 Å². The highest BCUT2D eigenvalue weighted by Gasteiger charge is 2.36. The number of hydrogen-bond donors (Lipinski definition) is 2. The zero-order valence-corrected chi connectivity index (χ0v) is 20.4. The predicted molar refractivity (Wildman–Crippen MR) is 137 cm³/mol. The van der Waals surface area contributed by atoms with E-state index >= 15 is 0 Å². The molecule has 0 fully saturated rings. The first-order valence-corrected chi connectivity index (χ1v) is 11.4. The molecule has 0 saturated heterocycles. The van der Waals surface area contributed by atoms with Crippen LogP contribution in [0.3, 0.4) is 0 Å². The van der Waals surface area contributed by atoms with E-state index in [-0.39, 0.29) is 12.2 Å². The Hall–Kier alpha value is -4.26. The third-order valence-corrected chi connectivity index (χ3v) is 5.55. The first-order chi connectivity index (χ1) is 17.2. The molecule has 0 bridgehead atoms. The molecule has 188 valence electrons. The Morgan fingerprint density at radius 1 is 1.03 bits per heavy atom. The van der Waals surface area contributed by atoms with Crippen molar-refractivity contribution in [3.8, 4) is 11.5 Å². The maximum atomic E-state index is 14.0. The zero-order chi connectivity index (χ0) is 26.1. The zero-order valence-electron chi connectivity index (χ0n) is 20.4. The minimum absolute atomic E-state index is 0.0362. The van der Waals surface area contributed by atoms with Gasteiger partial charge in [0.05, 0.1) is 12.3 Å². The molecular formula is C29H30FNO5. The number of allylic oxidation sites excluding steroid dienone is 1. The Morgan fingerprint density at radius 2 is 1.67 bits per heavy atom. The SMILES string of the molecule is C=C(O/C(C)=C(\N)CCOc1ccc(CC(C)(Oc2ccccc2F)C(=O)O)cc1)c1ccccc1. The molecule has 0 aliphatic rings. The van der Waals surface area contributed by atoms with Gasteiger partial charge in [-0.1, -0.05) is 61.2 Å². The quantitative estimate of drug-likeness (QED) is 0.305. The molecular weight excluding hydrogens is 461 g/mol. The van der Waals surface area contributed by atoms with Crippen LogP contribution in [0.5, 0.6) is 11.5 Å². The topological polar surface area (TPSA) is 91.0 Å². The van der Waals surface area contributed by atoms with Crippen molar-refractivity contribution in [2.24, 2.45) is 5.73 Å². The van der Waals surface area contributed by atoms with Gasteiger partial charge in [0.2, 0.25) is 5.60 Å². The van der Waals surface area contributed by atoms with Crippen LogP contribution in [0.4, 0.5) is 4.39 Å². The number of carbonyl (C=O) groups is 1. The lowest BCUT2D eigenvalue weighted by atomic mass is 9.96. The van der Waals surface area contributed by atoms with E-state index in [0.717, 1.165) is 5.56 Å². The number of carboxylic acids is 1. The molecule has 6 nitrogen and oxygen atoms in total. The van der Waals surface area contributed by atoms with Crippen molar-refractivity contribution in [1.82, 2.24) is 0 Å². The summed E-state index contributed by atoms with van der Waals surface area (Å²) in [5.41, 5.74) is 6.62. The monoisotopic (exact) mass is 491 g/mol. The Morgan fingerprint density at radius 3 is 2.31 bits per heavy atom. The van der Waals surface area contributed by atoms with Crippen LogP contribution < -0.4 is 15.2 Å². The van der Waals surface area contributed by atoms with Gasteiger partial charge in [-0.05, 0) is 43.7 Å². The van der Waals surface area contributed by atoms with Gasteiger partial charge in [-0.25, -0.2) is 9.18 Å². The number of benzene rings is 3. The number of rotatable bonds is 12. The van der Waals surface area contributed by atoms with Crippen LogP contribution in [0.1, 0.15) is 31.4 Å². The summed E-state index contributed by atoms with van der Waals surface area (Å²) in [7, 11) is 0. The summed E-state index contributed by atoms with van der Waals surface area (Å²) in [5, 5.41) is 9.73. The average molecular weight is 492 g/mol. The molecule has 1 atom stereocenters. The van der Waals surface area contributed by atoms with Crippen LogP contribution in [0.2, 0.25) is 0 Å². The minimum Gasteiger partial charge on any atom is -0.493 e. The second-order valence-corrected chi connectivity index (χ2v) is 8.46. The van der Waals surface area contributed by atoms with Gasteiger partial charge in [0.1, 0.15) is 17.3 Å². The Balaban J connectivity index is 1.54. The highest BCUT2D eigenvalue weighted by Crippen LogP contribution is 2.26. The van der Waals surface area contributed by atoms with E-state index < -0.39 is 17.4 Å². The second kappa shape index (κ2) is 11.9. The van der Waals surface area contributed by atoms with E-state index in [0.29, 0.717) is 41.6 Å². The standard InChI is InChI=1S/C29H30FNO5/c1-20(23-9-5-4-6-10-23)35-21(2)26(31)17-18-34-24-15-13-22(14-16-24)19-29(3,28(32)33)36-27-12-8-7-11-25(27)30/h4-16H,1,17-19,31H2,2-3H3,(H,32,33)/b26-21-. The maximum Gasteiger partial charge on any atom is 0.348 e. The number of hydrogen-bond acceptors (Lipinski definition) is 5. The third-order valence-electron chi connectivity index (χ3n) is 5.55. The van der Waals surface area contributed by atoms with Crippen LogP contribution >= 0.6 is 0 Å². The van der Waals surface area contributed by atoms with E-state index in [1.807, 2.05) is 30.3 Å². The highest BCUT2D eigenvalue weighted by molar-refractivity contribution is 5.78. The van der Waals surface area contributed by atoms with E-state index in [4.69, 9.17) is 19.9 Å². The fraction of sp³-hybridized carbons (Fsp3) is 0.207. The molecule has 0 spiro atoms. The molecule has 0 heterocycles. The number of carboxylic acid groups (broad SMARTS) is 1. The van der Waals surface area contributed by atoms with Crippen molar-refractivity contribution in [3.05, 3.63) is 114 Å². The van der Waals surface area contributed by atoms with Gasteiger partial charge in [0.15, 0.2) is 11.6 Å². The van der Waals surface area contributed by atoms with Crippen molar-refractivity contribution in [2.45, 2.75) is 32.3 Å². The molecule has 0 aromatic heterocycles. The molecule has 3 N–H and O–H groups in total. The highest BCUT2D eigenvalue weighted by atomic mass is 19.1. The summed E-state index contributed by atoms with van der Waals surface area (Å²) in [6.45, 7) is 7.46. The van der Waals surface area contributed by atoms with E-state index in [2.05, 4.69) is 6.58 Å². The van der Waals surface area contributed by atoms with Gasteiger partial charge < -0.3 is 25.1 Å². The lowest BCUT2D eigenvalue weighted by Crippen LogP contribution is -2.43. The van der Waals surface area contributed by atoms with Crippen molar-refractivity contribution < 1.29 is 28.5 Å². The van der Waals surface area contributed by atoms with Crippen LogP contribution in [0, 0.1) is 5.82 Å². The Bertz CT molecular complexity index is 1220. The van der Waals surface area contributed by atoms with Crippen molar-refractivity contribution >= 4 is 11.7 Å². The first kappa shape index (κ1) is 26.3. The molecule has 3 aromatic carbocycles. The van der Waals surface area contributed by atoms with Crippen molar-refractivity contribution in [2.75, 3.05) is 6.61 Å². The summed E-state index contributed by atoms with van der Waals surface area (Å²) in [5.74, 6) is -0.246. The molecule has 0 aliphatic heterocycles. The van der Waals surface area contributed by atoms with Gasteiger partial charge in [0.25, 0.3) is 0 Å². The molecule has 0 saturated carbocycles. The molecule has 0 radical (unpaired) electrons. The molecule has 7 heteroatoms. The Labute approximate surface area is 210 Å². The van der Waals surface area contributed by atoms with Gasteiger partial charge in [-0.15, -0.1) is 0 Å². The van der Waals surface area contributed by atoms with Gasteiger partial charge in [-0.3, -0.25) is 0 Å². The second-order valence-electron chi connectivity index (χ2n) is 8.46. The average Bonchev–Trinajstić information content (AvgIpc) is 2.86.